The third kappa shape index (κ3) is 3.95. The predicted molar refractivity (Wildman–Crippen MR) is 121 cm³/mol. The Morgan fingerprint density at radius 3 is 2.80 bits per heavy atom. The number of hydrogen-bond donors (Lipinski definition) is 2. The van der Waals surface area contributed by atoms with Crippen molar-refractivity contribution in [1.82, 2.24) is 15.5 Å². The topological polar surface area (TPSA) is 56.7 Å². The van der Waals surface area contributed by atoms with Crippen LogP contribution in [0.25, 0.3) is 0 Å². The summed E-state index contributed by atoms with van der Waals surface area (Å²) in [6, 6.07) is 9.30. The summed E-state index contributed by atoms with van der Waals surface area (Å²) >= 11 is 0. The van der Waals surface area contributed by atoms with E-state index in [1.807, 2.05) is 7.05 Å². The Morgan fingerprint density at radius 1 is 1.13 bits per heavy atom. The highest BCUT2D eigenvalue weighted by molar-refractivity contribution is 5.81. The molecular weight excluding hydrogens is 372 g/mol. The molecule has 5 heteroatoms. The highest BCUT2D eigenvalue weighted by atomic mass is 16.2. The van der Waals surface area contributed by atoms with Gasteiger partial charge in [-0.3, -0.25) is 9.79 Å². The first kappa shape index (κ1) is 19.9. The van der Waals surface area contributed by atoms with Crippen LogP contribution in [0.3, 0.4) is 0 Å². The Labute approximate surface area is 180 Å². The van der Waals surface area contributed by atoms with E-state index in [0.29, 0.717) is 11.9 Å². The summed E-state index contributed by atoms with van der Waals surface area (Å²) in [5.74, 6) is 3.85. The van der Waals surface area contributed by atoms with Crippen molar-refractivity contribution in [2.45, 2.75) is 63.3 Å². The summed E-state index contributed by atoms with van der Waals surface area (Å²) < 4.78 is 0. The fourth-order valence-corrected chi connectivity index (χ4v) is 6.28. The van der Waals surface area contributed by atoms with Gasteiger partial charge in [0, 0.05) is 38.6 Å². The van der Waals surface area contributed by atoms with Crippen molar-refractivity contribution in [1.29, 1.82) is 0 Å². The zero-order valence-electron chi connectivity index (χ0n) is 18.3. The molecular formula is C25H36N4O. The minimum absolute atomic E-state index is 0.274. The molecule has 1 heterocycles. The third-order valence-corrected chi connectivity index (χ3v) is 8.02. The fourth-order valence-electron chi connectivity index (χ4n) is 6.28. The summed E-state index contributed by atoms with van der Waals surface area (Å²) in [6.07, 6.45) is 9.47. The molecule has 4 atom stereocenters. The van der Waals surface area contributed by atoms with E-state index in [2.05, 4.69) is 44.8 Å². The van der Waals surface area contributed by atoms with Gasteiger partial charge in [0.05, 0.1) is 0 Å². The first-order valence-electron chi connectivity index (χ1n) is 12.1. The molecule has 1 saturated heterocycles. The molecule has 2 saturated carbocycles. The first-order valence-corrected chi connectivity index (χ1v) is 12.1. The number of benzene rings is 1. The number of nitrogens with one attached hydrogen (secondary N) is 2. The number of carbonyl (C=O) groups excluding carboxylic acids is 1. The number of carbonyl (C=O) groups is 1. The molecule has 3 aliphatic carbocycles. The van der Waals surface area contributed by atoms with Crippen LogP contribution in [-0.2, 0) is 11.2 Å². The Hall–Kier alpha value is -2.04. The Bertz CT molecular complexity index is 800. The molecule has 0 spiro atoms. The van der Waals surface area contributed by atoms with E-state index in [1.54, 1.807) is 11.1 Å². The monoisotopic (exact) mass is 408 g/mol. The Morgan fingerprint density at radius 2 is 1.97 bits per heavy atom. The number of aryl methyl sites for hydroxylation is 1. The lowest BCUT2D eigenvalue weighted by Gasteiger charge is -2.26. The lowest BCUT2D eigenvalue weighted by molar-refractivity contribution is -0.135. The van der Waals surface area contributed by atoms with Gasteiger partial charge in [0.15, 0.2) is 5.96 Å². The summed E-state index contributed by atoms with van der Waals surface area (Å²) in [5, 5.41) is 7.17. The molecule has 5 rings (SSSR count). The van der Waals surface area contributed by atoms with Crippen molar-refractivity contribution in [3.63, 3.8) is 0 Å². The second-order valence-electron chi connectivity index (χ2n) is 9.79. The van der Waals surface area contributed by atoms with Crippen LogP contribution in [0.1, 0.15) is 62.0 Å². The number of aliphatic imine (C=N–C) groups is 1. The van der Waals surface area contributed by atoms with Crippen molar-refractivity contribution in [2.75, 3.05) is 26.7 Å². The van der Waals surface area contributed by atoms with E-state index in [9.17, 15) is 4.79 Å². The van der Waals surface area contributed by atoms with Gasteiger partial charge in [-0.1, -0.05) is 43.5 Å². The van der Waals surface area contributed by atoms with Crippen molar-refractivity contribution in [3.05, 3.63) is 35.4 Å². The largest absolute Gasteiger partial charge is 0.356 e. The summed E-state index contributed by atoms with van der Waals surface area (Å²) in [6.45, 7) is 2.69. The minimum atomic E-state index is 0.274. The molecule has 0 radical (unpaired) electrons. The highest BCUT2D eigenvalue weighted by Gasteiger charge is 2.52. The fraction of sp³-hybridized carbons (Fsp3) is 0.680. The third-order valence-electron chi connectivity index (χ3n) is 8.02. The molecule has 5 nitrogen and oxygen atoms in total. The van der Waals surface area contributed by atoms with E-state index in [1.165, 1.54) is 32.1 Å². The molecule has 4 aliphatic rings. The molecule has 1 amide bonds. The molecule has 0 aromatic heterocycles. The molecule has 2 N–H and O–H groups in total. The minimum Gasteiger partial charge on any atom is -0.356 e. The molecule has 162 valence electrons. The SMILES string of the molecule is CN=C(NCC1C2CCc3ccccc3C21)NC1CCN(C(=O)C2CCCCC2)C1. The van der Waals surface area contributed by atoms with Gasteiger partial charge in [0.2, 0.25) is 5.91 Å². The van der Waals surface area contributed by atoms with Crippen LogP contribution in [0, 0.1) is 17.8 Å². The van der Waals surface area contributed by atoms with E-state index in [-0.39, 0.29) is 5.92 Å². The zero-order chi connectivity index (χ0) is 20.5. The standard InChI is InChI=1S/C25H36N4O/c1-26-25(27-15-22-21-12-11-17-7-5-6-10-20(17)23(21)22)28-19-13-14-29(16-19)24(30)18-8-3-2-4-9-18/h5-7,10,18-19,21-23H,2-4,8-9,11-16H2,1H3,(H2,26,27,28). The number of rotatable bonds is 4. The van der Waals surface area contributed by atoms with E-state index in [4.69, 9.17) is 0 Å². The number of nitrogens with zero attached hydrogens (tertiary/aromatic N) is 2. The first-order chi connectivity index (χ1) is 14.7. The second-order valence-corrected chi connectivity index (χ2v) is 9.79. The van der Waals surface area contributed by atoms with Crippen molar-refractivity contribution in [3.8, 4) is 0 Å². The van der Waals surface area contributed by atoms with E-state index in [0.717, 1.165) is 62.6 Å². The van der Waals surface area contributed by atoms with Gasteiger partial charge >= 0.3 is 0 Å². The summed E-state index contributed by atoms with van der Waals surface area (Å²) in [5.41, 5.74) is 3.13. The number of fused-ring (bicyclic) bond motifs is 3. The lowest BCUT2D eigenvalue weighted by atomic mass is 9.88. The second kappa shape index (κ2) is 8.60. The molecule has 4 unspecified atom stereocenters. The summed E-state index contributed by atoms with van der Waals surface area (Å²) in [4.78, 5) is 19.4. The van der Waals surface area contributed by atoms with Gasteiger partial charge in [0.1, 0.15) is 0 Å². The maximum atomic E-state index is 12.8. The predicted octanol–water partition coefficient (Wildman–Crippen LogP) is 3.31. The summed E-state index contributed by atoms with van der Waals surface area (Å²) in [7, 11) is 1.85. The number of likely N-dealkylation sites (tertiary alicyclic amines) is 1. The van der Waals surface area contributed by atoms with Gasteiger partial charge in [-0.25, -0.2) is 0 Å². The maximum absolute atomic E-state index is 12.8. The van der Waals surface area contributed by atoms with Gasteiger partial charge < -0.3 is 15.5 Å². The van der Waals surface area contributed by atoms with Gasteiger partial charge in [-0.15, -0.1) is 0 Å². The number of guanidine groups is 1. The van der Waals surface area contributed by atoms with E-state index >= 15 is 0 Å². The normalized spacial score (nSPS) is 31.1. The van der Waals surface area contributed by atoms with Crippen LogP contribution >= 0.6 is 0 Å². The Kier molecular flexibility index (Phi) is 5.70. The number of amides is 1. The lowest BCUT2D eigenvalue weighted by Crippen LogP contribution is -2.46. The molecule has 0 bridgehead atoms. The van der Waals surface area contributed by atoms with Crippen molar-refractivity contribution < 1.29 is 4.79 Å². The average molecular weight is 409 g/mol. The molecule has 1 aromatic rings. The number of hydrogen-bond acceptors (Lipinski definition) is 2. The quantitative estimate of drug-likeness (QED) is 0.594. The van der Waals surface area contributed by atoms with Crippen molar-refractivity contribution in [2.24, 2.45) is 22.7 Å². The van der Waals surface area contributed by atoms with Crippen LogP contribution in [0.5, 0.6) is 0 Å². The molecule has 1 aliphatic heterocycles. The molecule has 30 heavy (non-hydrogen) atoms. The molecule has 1 aromatic carbocycles. The van der Waals surface area contributed by atoms with Crippen LogP contribution in [0.15, 0.2) is 29.3 Å². The van der Waals surface area contributed by atoms with Crippen LogP contribution in [0.4, 0.5) is 0 Å². The smallest absolute Gasteiger partial charge is 0.225 e. The van der Waals surface area contributed by atoms with E-state index < -0.39 is 0 Å². The van der Waals surface area contributed by atoms with Crippen LogP contribution < -0.4 is 10.6 Å². The zero-order valence-corrected chi connectivity index (χ0v) is 18.3. The average Bonchev–Trinajstić information content (AvgIpc) is 3.33. The van der Waals surface area contributed by atoms with Crippen LogP contribution in [-0.4, -0.2) is 49.5 Å². The van der Waals surface area contributed by atoms with Gasteiger partial charge in [-0.2, -0.15) is 0 Å². The van der Waals surface area contributed by atoms with Crippen LogP contribution in [0.2, 0.25) is 0 Å². The highest BCUT2D eigenvalue weighted by Crippen LogP contribution is 2.59. The maximum Gasteiger partial charge on any atom is 0.225 e. The van der Waals surface area contributed by atoms with Gasteiger partial charge in [-0.05, 0) is 61.0 Å². The Balaban J connectivity index is 1.10. The van der Waals surface area contributed by atoms with Gasteiger partial charge in [0.25, 0.3) is 0 Å². The molecule has 3 fully saturated rings. The van der Waals surface area contributed by atoms with Crippen molar-refractivity contribution >= 4 is 11.9 Å².